The average Bonchev–Trinajstić information content (AvgIpc) is 3.52. The number of nitrogens with zero attached hydrogens (tertiary/aromatic N) is 6. The van der Waals surface area contributed by atoms with E-state index in [2.05, 4.69) is 27.7 Å². The Morgan fingerprint density at radius 2 is 1.30 bits per heavy atom. The van der Waals surface area contributed by atoms with Gasteiger partial charge in [-0.25, -0.2) is 25.1 Å². The van der Waals surface area contributed by atoms with Crippen LogP contribution in [0.1, 0.15) is 38.9 Å². The molecule has 220 valence electrons. The van der Waals surface area contributed by atoms with Gasteiger partial charge in [-0.05, 0) is 39.0 Å². The number of halogens is 6. The Bertz CT molecular complexity index is 2170. The highest BCUT2D eigenvalue weighted by Gasteiger charge is 2.53. The Morgan fingerprint density at radius 3 is 1.76 bits per heavy atom. The Morgan fingerprint density at radius 1 is 0.783 bits per heavy atom. The fraction of sp³-hybridized carbons (Fsp3) is 0.0588. The van der Waals surface area contributed by atoms with Crippen molar-refractivity contribution >= 4 is 28.0 Å². The SMILES string of the molecule is [C-]#[N+]C1=C(C(=C)/C=C\C=C)/C(=C(/C#N)[N+]#[C-])c2c1c(C(F)(F)F)c1c(c2C(F)(F)F)/C(=C(/C#N)[N+]#[C-])C(c2ccccc2)=C1C#N. The minimum atomic E-state index is -5.59. The van der Waals surface area contributed by atoms with Gasteiger partial charge in [-0.3, -0.25) is 0 Å². The standard InChI is InChI=1S/C34H12F6N6/c1-6-7-11-17(2)22-25(20(15-42)44-3)28-29(32(22)46-5)30(33(35,36)37)24-19(14-41)23(18-12-9-8-10-13-18)26(21(16-43)45-4)27(24)31(28)34(38,39)40/h6-13H,1-2H2/b11-7-,25-20+,26-21-. The Hall–Kier alpha value is -6.86. The third-order valence-corrected chi connectivity index (χ3v) is 6.99. The highest BCUT2D eigenvalue weighted by Crippen LogP contribution is 2.62. The number of hydrogen-bond donors (Lipinski definition) is 0. The van der Waals surface area contributed by atoms with E-state index in [4.69, 9.17) is 19.7 Å². The molecule has 0 saturated carbocycles. The van der Waals surface area contributed by atoms with Crippen LogP contribution in [0.4, 0.5) is 26.3 Å². The summed E-state index contributed by atoms with van der Waals surface area (Å²) >= 11 is 0. The topological polar surface area (TPSA) is 84.4 Å². The van der Waals surface area contributed by atoms with E-state index < -0.39 is 90.7 Å². The second-order valence-corrected chi connectivity index (χ2v) is 9.32. The summed E-state index contributed by atoms with van der Waals surface area (Å²) in [5.74, 6) is 0. The summed E-state index contributed by atoms with van der Waals surface area (Å²) in [5, 5.41) is 29.9. The van der Waals surface area contributed by atoms with Gasteiger partial charge in [-0.1, -0.05) is 61.7 Å². The molecule has 0 bridgehead atoms. The molecule has 0 radical (unpaired) electrons. The predicted molar refractivity (Wildman–Crippen MR) is 156 cm³/mol. The van der Waals surface area contributed by atoms with Crippen molar-refractivity contribution in [2.45, 2.75) is 12.4 Å². The zero-order valence-corrected chi connectivity index (χ0v) is 23.0. The Labute approximate surface area is 258 Å². The summed E-state index contributed by atoms with van der Waals surface area (Å²) < 4.78 is 92.3. The lowest BCUT2D eigenvalue weighted by atomic mass is 9.82. The summed E-state index contributed by atoms with van der Waals surface area (Å²) in [4.78, 5) is 9.15. The van der Waals surface area contributed by atoms with Gasteiger partial charge >= 0.3 is 12.4 Å². The molecule has 0 aromatic heterocycles. The van der Waals surface area contributed by atoms with E-state index in [1.54, 1.807) is 6.07 Å². The maximum atomic E-state index is 15.4. The normalized spacial score (nSPS) is 15.9. The maximum absolute atomic E-state index is 15.4. The first-order chi connectivity index (χ1) is 21.8. The number of fused-ring (bicyclic) bond motifs is 2. The molecule has 2 aromatic carbocycles. The van der Waals surface area contributed by atoms with Crippen molar-refractivity contribution in [3.63, 3.8) is 0 Å². The van der Waals surface area contributed by atoms with Gasteiger partial charge in [0.05, 0.1) is 48.6 Å². The molecule has 2 aliphatic carbocycles. The van der Waals surface area contributed by atoms with Crippen LogP contribution in [-0.4, -0.2) is 0 Å². The second kappa shape index (κ2) is 11.7. The van der Waals surface area contributed by atoms with Gasteiger partial charge in [0, 0.05) is 16.7 Å². The average molecular weight is 618 g/mol. The van der Waals surface area contributed by atoms with Crippen LogP contribution in [0.25, 0.3) is 42.5 Å². The molecular weight excluding hydrogens is 606 g/mol. The Kier molecular flexibility index (Phi) is 8.13. The van der Waals surface area contributed by atoms with E-state index in [-0.39, 0.29) is 11.1 Å². The highest BCUT2D eigenvalue weighted by molar-refractivity contribution is 6.28. The van der Waals surface area contributed by atoms with Crippen LogP contribution in [-0.2, 0) is 12.4 Å². The molecule has 6 nitrogen and oxygen atoms in total. The van der Waals surface area contributed by atoms with Gasteiger partial charge in [0.25, 0.3) is 11.4 Å². The lowest BCUT2D eigenvalue weighted by Crippen LogP contribution is -2.20. The largest absolute Gasteiger partial charge is 0.417 e. The van der Waals surface area contributed by atoms with Gasteiger partial charge in [0.1, 0.15) is 6.07 Å². The molecule has 12 heteroatoms. The fourth-order valence-corrected chi connectivity index (χ4v) is 5.49. The molecule has 2 aromatic rings. The molecule has 0 N–H and O–H groups in total. The zero-order chi connectivity index (χ0) is 34.1. The van der Waals surface area contributed by atoms with Crippen LogP contribution in [0.15, 0.2) is 84.3 Å². The quantitative estimate of drug-likeness (QED) is 0.148. The van der Waals surface area contributed by atoms with Crippen LogP contribution in [0.5, 0.6) is 0 Å². The summed E-state index contributed by atoms with van der Waals surface area (Å²) in [6.07, 6.45) is -7.57. The van der Waals surface area contributed by atoms with E-state index in [1.807, 2.05) is 0 Å². The van der Waals surface area contributed by atoms with Gasteiger partial charge < -0.3 is 0 Å². The number of alkyl halides is 6. The monoisotopic (exact) mass is 618 g/mol. The van der Waals surface area contributed by atoms with Crippen molar-refractivity contribution in [2.24, 2.45) is 0 Å². The number of rotatable bonds is 4. The molecule has 2 aliphatic rings. The molecule has 0 atom stereocenters. The van der Waals surface area contributed by atoms with E-state index in [1.165, 1.54) is 54.6 Å². The van der Waals surface area contributed by atoms with E-state index in [0.717, 1.165) is 6.08 Å². The smallest absolute Gasteiger partial charge is 0.237 e. The number of hydrogen-bond acceptors (Lipinski definition) is 3. The third-order valence-electron chi connectivity index (χ3n) is 6.99. The zero-order valence-electron chi connectivity index (χ0n) is 23.0. The van der Waals surface area contributed by atoms with Gasteiger partial charge in [0.15, 0.2) is 0 Å². The first-order valence-corrected chi connectivity index (χ1v) is 12.5. The molecule has 0 fully saturated rings. The van der Waals surface area contributed by atoms with Crippen LogP contribution >= 0.6 is 0 Å². The highest BCUT2D eigenvalue weighted by atomic mass is 19.4. The first-order valence-electron chi connectivity index (χ1n) is 12.5. The van der Waals surface area contributed by atoms with E-state index >= 15 is 26.3 Å². The minimum absolute atomic E-state index is 0.0673. The van der Waals surface area contributed by atoms with Gasteiger partial charge in [0.2, 0.25) is 5.70 Å². The van der Waals surface area contributed by atoms with Crippen molar-refractivity contribution in [2.75, 3.05) is 0 Å². The molecule has 0 heterocycles. The lowest BCUT2D eigenvalue weighted by molar-refractivity contribution is -0.141. The van der Waals surface area contributed by atoms with Crippen molar-refractivity contribution in [1.29, 1.82) is 15.8 Å². The minimum Gasteiger partial charge on any atom is -0.237 e. The number of benzene rings is 2. The van der Waals surface area contributed by atoms with Crippen molar-refractivity contribution in [3.8, 4) is 18.2 Å². The van der Waals surface area contributed by atoms with Crippen LogP contribution in [0.2, 0.25) is 0 Å². The maximum Gasteiger partial charge on any atom is 0.417 e. The molecule has 0 unspecified atom stereocenters. The summed E-state index contributed by atoms with van der Waals surface area (Å²) in [7, 11) is 0. The van der Waals surface area contributed by atoms with Gasteiger partial charge in [-0.15, -0.1) is 0 Å². The third kappa shape index (κ3) is 4.74. The molecule has 0 spiro atoms. The van der Waals surface area contributed by atoms with Crippen LogP contribution in [0.3, 0.4) is 0 Å². The van der Waals surface area contributed by atoms with Crippen LogP contribution < -0.4 is 0 Å². The molecule has 0 amide bonds. The van der Waals surface area contributed by atoms with Crippen LogP contribution in [0, 0.1) is 53.7 Å². The molecule has 0 saturated heterocycles. The molecule has 0 aliphatic heterocycles. The van der Waals surface area contributed by atoms with Gasteiger partial charge in [-0.2, -0.15) is 31.6 Å². The lowest BCUT2D eigenvalue weighted by Gasteiger charge is -2.25. The predicted octanol–water partition coefficient (Wildman–Crippen LogP) is 9.42. The van der Waals surface area contributed by atoms with Crippen molar-refractivity contribution < 1.29 is 26.3 Å². The van der Waals surface area contributed by atoms with E-state index in [0.29, 0.717) is 0 Å². The van der Waals surface area contributed by atoms with Crippen molar-refractivity contribution in [1.82, 2.24) is 0 Å². The fourth-order valence-electron chi connectivity index (χ4n) is 5.49. The summed E-state index contributed by atoms with van der Waals surface area (Å²) in [5.41, 5.74) is -16.4. The van der Waals surface area contributed by atoms with Crippen molar-refractivity contribution in [3.05, 3.63) is 157 Å². The second-order valence-electron chi connectivity index (χ2n) is 9.32. The number of allylic oxidation sites excluding steroid dienone is 11. The van der Waals surface area contributed by atoms with E-state index in [9.17, 15) is 15.8 Å². The summed E-state index contributed by atoms with van der Waals surface area (Å²) in [6, 6.07) is 11.2. The number of nitriles is 3. The molecule has 4 rings (SSSR count). The molecule has 46 heavy (non-hydrogen) atoms. The Balaban J connectivity index is 2.55. The molecular formula is C34H12F6N6. The summed E-state index contributed by atoms with van der Waals surface area (Å²) in [6.45, 7) is 30.0. The first kappa shape index (κ1) is 32.1.